The van der Waals surface area contributed by atoms with Crippen molar-refractivity contribution in [3.8, 4) is 5.82 Å². The van der Waals surface area contributed by atoms with E-state index in [0.717, 1.165) is 24.2 Å². The Balaban J connectivity index is 1.75. The number of piperidine rings is 1. The number of carbonyl (C=O) groups is 1. The number of aliphatic carboxylic acids is 1. The summed E-state index contributed by atoms with van der Waals surface area (Å²) in [7, 11) is 0. The van der Waals surface area contributed by atoms with Gasteiger partial charge in [-0.1, -0.05) is 6.07 Å². The molecule has 1 aliphatic heterocycles. The number of fused-ring (bicyclic) bond motifs is 1. The second-order valence-electron chi connectivity index (χ2n) is 5.80. The summed E-state index contributed by atoms with van der Waals surface area (Å²) < 4.78 is 1.67. The minimum atomic E-state index is -0.755. The number of aromatic nitrogens is 5. The molecule has 0 aliphatic carbocycles. The number of rotatable bonds is 3. The van der Waals surface area contributed by atoms with Crippen molar-refractivity contribution in [1.29, 1.82) is 0 Å². The number of carboxylic acid groups (broad SMARTS) is 1. The Labute approximate surface area is 137 Å². The molecule has 1 unspecified atom stereocenters. The monoisotopic (exact) mass is 324 g/mol. The normalized spacial score (nSPS) is 18.0. The van der Waals surface area contributed by atoms with Crippen LogP contribution in [0.15, 0.2) is 36.9 Å². The third-order valence-corrected chi connectivity index (χ3v) is 4.28. The molecule has 3 aromatic heterocycles. The van der Waals surface area contributed by atoms with Gasteiger partial charge in [0.1, 0.15) is 12.1 Å². The predicted molar refractivity (Wildman–Crippen MR) is 87.0 cm³/mol. The zero-order valence-electron chi connectivity index (χ0n) is 12.9. The highest BCUT2D eigenvalue weighted by Crippen LogP contribution is 2.28. The van der Waals surface area contributed by atoms with Crippen molar-refractivity contribution in [1.82, 2.24) is 24.7 Å². The van der Waals surface area contributed by atoms with E-state index in [-0.39, 0.29) is 5.92 Å². The highest BCUT2D eigenvalue weighted by atomic mass is 16.4. The van der Waals surface area contributed by atoms with Crippen LogP contribution in [0.4, 0.5) is 5.82 Å². The smallest absolute Gasteiger partial charge is 0.308 e. The van der Waals surface area contributed by atoms with Crippen molar-refractivity contribution in [2.24, 2.45) is 5.92 Å². The zero-order chi connectivity index (χ0) is 16.5. The number of nitrogens with zero attached hydrogens (tertiary/aromatic N) is 6. The Bertz CT molecular complexity index is 879. The van der Waals surface area contributed by atoms with Gasteiger partial charge in [-0.05, 0) is 25.0 Å². The number of hydrogen-bond donors (Lipinski definition) is 1. The number of hydrogen-bond acceptors (Lipinski definition) is 6. The molecule has 4 heterocycles. The van der Waals surface area contributed by atoms with E-state index in [0.29, 0.717) is 24.4 Å². The molecule has 4 rings (SSSR count). The average molecular weight is 324 g/mol. The maximum Gasteiger partial charge on any atom is 0.308 e. The number of anilines is 1. The van der Waals surface area contributed by atoms with E-state index in [2.05, 4.69) is 20.1 Å². The third-order valence-electron chi connectivity index (χ3n) is 4.28. The fourth-order valence-electron chi connectivity index (χ4n) is 3.10. The summed E-state index contributed by atoms with van der Waals surface area (Å²) >= 11 is 0. The Morgan fingerprint density at radius 2 is 2.17 bits per heavy atom. The standard InChI is InChI=1S/C16H16N6O2/c23-16(24)11-4-3-7-21(9-11)14-12-8-20-22(15(12)19-10-18-14)13-5-1-2-6-17-13/h1-2,5-6,8,10-11H,3-4,7,9H2,(H,23,24). The molecule has 1 atom stereocenters. The lowest BCUT2D eigenvalue weighted by atomic mass is 9.98. The first kappa shape index (κ1) is 14.6. The lowest BCUT2D eigenvalue weighted by Crippen LogP contribution is -2.39. The molecule has 122 valence electrons. The Morgan fingerprint density at radius 1 is 1.25 bits per heavy atom. The van der Waals surface area contributed by atoms with Crippen LogP contribution in [0.1, 0.15) is 12.8 Å². The Morgan fingerprint density at radius 3 is 2.96 bits per heavy atom. The maximum atomic E-state index is 11.3. The van der Waals surface area contributed by atoms with Crippen LogP contribution in [0.25, 0.3) is 16.9 Å². The molecule has 3 aromatic rings. The SMILES string of the molecule is O=C(O)C1CCCN(c2ncnc3c2cnn3-c2ccccn2)C1. The molecule has 0 radical (unpaired) electrons. The molecule has 8 nitrogen and oxygen atoms in total. The first-order valence-electron chi connectivity index (χ1n) is 7.82. The van der Waals surface area contributed by atoms with Gasteiger partial charge in [-0.2, -0.15) is 9.78 Å². The van der Waals surface area contributed by atoms with E-state index in [1.165, 1.54) is 6.33 Å². The van der Waals surface area contributed by atoms with Crippen LogP contribution >= 0.6 is 0 Å². The minimum Gasteiger partial charge on any atom is -0.481 e. The van der Waals surface area contributed by atoms with Gasteiger partial charge in [-0.25, -0.2) is 15.0 Å². The van der Waals surface area contributed by atoms with Crippen LogP contribution in [-0.4, -0.2) is 48.9 Å². The van der Waals surface area contributed by atoms with Gasteiger partial charge in [-0.15, -0.1) is 0 Å². The van der Waals surface area contributed by atoms with Gasteiger partial charge in [0, 0.05) is 19.3 Å². The molecule has 0 bridgehead atoms. The van der Waals surface area contributed by atoms with Crippen molar-refractivity contribution in [3.63, 3.8) is 0 Å². The zero-order valence-corrected chi connectivity index (χ0v) is 12.9. The van der Waals surface area contributed by atoms with E-state index in [1.807, 2.05) is 23.1 Å². The van der Waals surface area contributed by atoms with Gasteiger partial charge in [0.15, 0.2) is 11.5 Å². The predicted octanol–water partition coefficient (Wildman–Crippen LogP) is 1.51. The number of carboxylic acids is 1. The van der Waals surface area contributed by atoms with E-state index in [9.17, 15) is 9.90 Å². The highest BCUT2D eigenvalue weighted by molar-refractivity contribution is 5.87. The van der Waals surface area contributed by atoms with Crippen molar-refractivity contribution < 1.29 is 9.90 Å². The summed E-state index contributed by atoms with van der Waals surface area (Å²) in [5.74, 6) is 0.288. The molecule has 1 fully saturated rings. The fourth-order valence-corrected chi connectivity index (χ4v) is 3.10. The first-order valence-corrected chi connectivity index (χ1v) is 7.82. The maximum absolute atomic E-state index is 11.3. The van der Waals surface area contributed by atoms with Gasteiger partial charge >= 0.3 is 5.97 Å². The van der Waals surface area contributed by atoms with Crippen molar-refractivity contribution in [3.05, 3.63) is 36.9 Å². The molecule has 0 spiro atoms. The highest BCUT2D eigenvalue weighted by Gasteiger charge is 2.27. The van der Waals surface area contributed by atoms with Gasteiger partial charge in [-0.3, -0.25) is 4.79 Å². The number of pyridine rings is 1. The van der Waals surface area contributed by atoms with Crippen molar-refractivity contribution >= 4 is 22.8 Å². The van der Waals surface area contributed by atoms with Crippen molar-refractivity contribution in [2.45, 2.75) is 12.8 Å². The van der Waals surface area contributed by atoms with E-state index >= 15 is 0 Å². The third kappa shape index (κ3) is 2.45. The molecular formula is C16H16N6O2. The lowest BCUT2D eigenvalue weighted by molar-refractivity contribution is -0.141. The van der Waals surface area contributed by atoms with Gasteiger partial charge in [0.2, 0.25) is 0 Å². The summed E-state index contributed by atoms with van der Waals surface area (Å²) in [6.45, 7) is 1.24. The second kappa shape index (κ2) is 5.88. The summed E-state index contributed by atoms with van der Waals surface area (Å²) in [5, 5.41) is 14.5. The van der Waals surface area contributed by atoms with E-state index < -0.39 is 5.97 Å². The Hall–Kier alpha value is -3.03. The van der Waals surface area contributed by atoms with E-state index in [4.69, 9.17) is 0 Å². The quantitative estimate of drug-likeness (QED) is 0.780. The molecule has 1 N–H and O–H groups in total. The molecule has 24 heavy (non-hydrogen) atoms. The molecule has 0 saturated carbocycles. The topological polar surface area (TPSA) is 97.0 Å². The Kier molecular flexibility index (Phi) is 3.56. The minimum absolute atomic E-state index is 0.366. The molecule has 0 amide bonds. The van der Waals surface area contributed by atoms with Gasteiger partial charge < -0.3 is 10.0 Å². The largest absolute Gasteiger partial charge is 0.481 e. The van der Waals surface area contributed by atoms with Crippen LogP contribution in [0.5, 0.6) is 0 Å². The van der Waals surface area contributed by atoms with Crippen molar-refractivity contribution in [2.75, 3.05) is 18.0 Å². The summed E-state index contributed by atoms with van der Waals surface area (Å²) in [4.78, 5) is 26.3. The van der Waals surface area contributed by atoms with Gasteiger partial charge in [0.25, 0.3) is 0 Å². The van der Waals surface area contributed by atoms with Crippen LogP contribution in [0.3, 0.4) is 0 Å². The van der Waals surface area contributed by atoms with E-state index in [1.54, 1.807) is 17.1 Å². The van der Waals surface area contributed by atoms with Crippen LogP contribution < -0.4 is 4.90 Å². The molecular weight excluding hydrogens is 308 g/mol. The first-order chi connectivity index (χ1) is 11.7. The van der Waals surface area contributed by atoms with Crippen LogP contribution in [0.2, 0.25) is 0 Å². The molecule has 0 aromatic carbocycles. The molecule has 1 saturated heterocycles. The summed E-state index contributed by atoms with van der Waals surface area (Å²) in [6, 6.07) is 5.59. The fraction of sp³-hybridized carbons (Fsp3) is 0.312. The van der Waals surface area contributed by atoms with Gasteiger partial charge in [0.05, 0.1) is 17.5 Å². The average Bonchev–Trinajstić information content (AvgIpc) is 3.06. The van der Waals surface area contributed by atoms with Crippen LogP contribution in [0, 0.1) is 5.92 Å². The summed E-state index contributed by atoms with van der Waals surface area (Å²) in [5.41, 5.74) is 0.663. The molecule has 1 aliphatic rings. The lowest BCUT2D eigenvalue weighted by Gasteiger charge is -2.31. The molecule has 8 heteroatoms. The van der Waals surface area contributed by atoms with Crippen LogP contribution in [-0.2, 0) is 4.79 Å². The second-order valence-corrected chi connectivity index (χ2v) is 5.80. The summed E-state index contributed by atoms with van der Waals surface area (Å²) in [6.07, 6.45) is 6.43.